The third kappa shape index (κ3) is 3.97. The molecule has 2 aromatic rings. The SMILES string of the molecule is CCCCN1C(=O)C(=O)/C(=C(\O)c2ccc(OC)c(C(C)C)c2)C1c1ccccc1. The fraction of sp³-hybridized carbons (Fsp3) is 0.360. The van der Waals surface area contributed by atoms with E-state index >= 15 is 0 Å². The zero-order chi connectivity index (χ0) is 21.8. The lowest BCUT2D eigenvalue weighted by Gasteiger charge is -2.25. The van der Waals surface area contributed by atoms with Gasteiger partial charge in [-0.25, -0.2) is 0 Å². The van der Waals surface area contributed by atoms with E-state index in [0.29, 0.717) is 12.1 Å². The van der Waals surface area contributed by atoms with Crippen molar-refractivity contribution in [3.8, 4) is 5.75 Å². The molecule has 1 unspecified atom stereocenters. The van der Waals surface area contributed by atoms with E-state index in [9.17, 15) is 14.7 Å². The summed E-state index contributed by atoms with van der Waals surface area (Å²) in [5.74, 6) is -0.448. The molecule has 1 aliphatic heterocycles. The molecule has 1 N–H and O–H groups in total. The first-order chi connectivity index (χ1) is 14.4. The Morgan fingerprint density at radius 1 is 1.13 bits per heavy atom. The van der Waals surface area contributed by atoms with Gasteiger partial charge in [-0.05, 0) is 41.7 Å². The Kier molecular flexibility index (Phi) is 6.60. The molecular weight excluding hydrogens is 378 g/mol. The molecule has 2 aromatic carbocycles. The topological polar surface area (TPSA) is 66.8 Å². The number of nitrogens with zero attached hydrogens (tertiary/aromatic N) is 1. The number of likely N-dealkylation sites (tertiary alicyclic amines) is 1. The molecule has 1 aliphatic rings. The summed E-state index contributed by atoms with van der Waals surface area (Å²) in [5, 5.41) is 11.2. The maximum Gasteiger partial charge on any atom is 0.295 e. The van der Waals surface area contributed by atoms with Crippen molar-refractivity contribution in [1.82, 2.24) is 4.90 Å². The predicted octanol–water partition coefficient (Wildman–Crippen LogP) is 5.04. The highest BCUT2D eigenvalue weighted by Gasteiger charge is 2.45. The van der Waals surface area contributed by atoms with Gasteiger partial charge in [-0.2, -0.15) is 0 Å². The number of carbonyl (C=O) groups excluding carboxylic acids is 2. The van der Waals surface area contributed by atoms with Crippen LogP contribution in [0.1, 0.15) is 62.3 Å². The molecule has 158 valence electrons. The fourth-order valence-corrected chi connectivity index (χ4v) is 3.91. The molecule has 30 heavy (non-hydrogen) atoms. The van der Waals surface area contributed by atoms with E-state index < -0.39 is 17.7 Å². The molecule has 0 saturated carbocycles. The zero-order valence-electron chi connectivity index (χ0n) is 18.0. The zero-order valence-corrected chi connectivity index (χ0v) is 18.0. The van der Waals surface area contributed by atoms with E-state index in [4.69, 9.17) is 4.74 Å². The van der Waals surface area contributed by atoms with Crippen molar-refractivity contribution < 1.29 is 19.4 Å². The number of hydrogen-bond donors (Lipinski definition) is 1. The summed E-state index contributed by atoms with van der Waals surface area (Å²) in [4.78, 5) is 27.4. The summed E-state index contributed by atoms with van der Waals surface area (Å²) in [6.45, 7) is 6.58. The van der Waals surface area contributed by atoms with Crippen molar-refractivity contribution in [2.24, 2.45) is 0 Å². The van der Waals surface area contributed by atoms with E-state index in [1.54, 1.807) is 24.1 Å². The van der Waals surface area contributed by atoms with E-state index in [1.165, 1.54) is 0 Å². The van der Waals surface area contributed by atoms with E-state index in [0.717, 1.165) is 29.7 Å². The molecule has 5 heteroatoms. The maximum absolute atomic E-state index is 13.0. The van der Waals surface area contributed by atoms with Crippen LogP contribution in [0.2, 0.25) is 0 Å². The summed E-state index contributed by atoms with van der Waals surface area (Å²) in [7, 11) is 1.61. The minimum absolute atomic E-state index is 0.141. The number of aliphatic hydroxyl groups excluding tert-OH is 1. The Bertz CT molecular complexity index is 962. The van der Waals surface area contributed by atoms with Crippen LogP contribution in [0.25, 0.3) is 5.76 Å². The minimum Gasteiger partial charge on any atom is -0.507 e. The first-order valence-corrected chi connectivity index (χ1v) is 10.4. The van der Waals surface area contributed by atoms with Crippen molar-refractivity contribution in [3.63, 3.8) is 0 Å². The van der Waals surface area contributed by atoms with Crippen LogP contribution in [0, 0.1) is 0 Å². The van der Waals surface area contributed by atoms with Gasteiger partial charge in [-0.3, -0.25) is 9.59 Å². The highest BCUT2D eigenvalue weighted by molar-refractivity contribution is 6.46. The number of carbonyl (C=O) groups is 2. The second kappa shape index (κ2) is 9.16. The summed E-state index contributed by atoms with van der Waals surface area (Å²) < 4.78 is 5.43. The Morgan fingerprint density at radius 2 is 1.83 bits per heavy atom. The number of aliphatic hydroxyl groups is 1. The van der Waals surface area contributed by atoms with Crippen LogP contribution in [-0.4, -0.2) is 35.4 Å². The molecule has 0 aromatic heterocycles. The first-order valence-electron chi connectivity index (χ1n) is 10.4. The highest BCUT2D eigenvalue weighted by Crippen LogP contribution is 2.40. The maximum atomic E-state index is 13.0. The largest absolute Gasteiger partial charge is 0.507 e. The van der Waals surface area contributed by atoms with Gasteiger partial charge >= 0.3 is 0 Å². The first kappa shape index (κ1) is 21.6. The van der Waals surface area contributed by atoms with Crippen LogP contribution in [-0.2, 0) is 9.59 Å². The molecule has 3 rings (SSSR count). The Morgan fingerprint density at radius 3 is 2.43 bits per heavy atom. The van der Waals surface area contributed by atoms with Crippen molar-refractivity contribution >= 4 is 17.4 Å². The van der Waals surface area contributed by atoms with Gasteiger partial charge in [0.2, 0.25) is 0 Å². The summed E-state index contributed by atoms with van der Waals surface area (Å²) in [6, 6.07) is 14.2. The van der Waals surface area contributed by atoms with Gasteiger partial charge in [0, 0.05) is 12.1 Å². The van der Waals surface area contributed by atoms with Gasteiger partial charge < -0.3 is 14.7 Å². The van der Waals surface area contributed by atoms with Gasteiger partial charge in [0.05, 0.1) is 18.7 Å². The molecule has 0 radical (unpaired) electrons. The van der Waals surface area contributed by atoms with Gasteiger partial charge in [-0.1, -0.05) is 57.5 Å². The fourth-order valence-electron chi connectivity index (χ4n) is 3.91. The van der Waals surface area contributed by atoms with E-state index in [2.05, 4.69) is 0 Å². The summed E-state index contributed by atoms with van der Waals surface area (Å²) in [5.41, 5.74) is 2.39. The van der Waals surface area contributed by atoms with Crippen LogP contribution in [0.3, 0.4) is 0 Å². The van der Waals surface area contributed by atoms with Crippen molar-refractivity contribution in [2.75, 3.05) is 13.7 Å². The van der Waals surface area contributed by atoms with Gasteiger partial charge in [0.15, 0.2) is 0 Å². The monoisotopic (exact) mass is 407 g/mol. The Balaban J connectivity index is 2.17. The molecule has 1 atom stereocenters. The lowest BCUT2D eigenvalue weighted by Crippen LogP contribution is -2.30. The average Bonchev–Trinajstić information content (AvgIpc) is 3.02. The van der Waals surface area contributed by atoms with Crippen molar-refractivity contribution in [1.29, 1.82) is 0 Å². The van der Waals surface area contributed by atoms with Crippen LogP contribution < -0.4 is 4.74 Å². The van der Waals surface area contributed by atoms with Crippen LogP contribution in [0.15, 0.2) is 54.1 Å². The molecule has 0 spiro atoms. The van der Waals surface area contributed by atoms with Gasteiger partial charge in [0.1, 0.15) is 11.5 Å². The van der Waals surface area contributed by atoms with Crippen molar-refractivity contribution in [3.05, 3.63) is 70.8 Å². The number of hydrogen-bond acceptors (Lipinski definition) is 4. The van der Waals surface area contributed by atoms with Crippen LogP contribution in [0.4, 0.5) is 0 Å². The normalized spacial score (nSPS) is 18.3. The molecule has 0 bridgehead atoms. The Labute approximate surface area is 178 Å². The quantitative estimate of drug-likeness (QED) is 0.397. The van der Waals surface area contributed by atoms with Crippen molar-refractivity contribution in [2.45, 2.75) is 45.6 Å². The van der Waals surface area contributed by atoms with Gasteiger partial charge in [-0.15, -0.1) is 0 Å². The second-order valence-electron chi connectivity index (χ2n) is 7.87. The number of unbranched alkanes of at least 4 members (excludes halogenated alkanes) is 1. The minimum atomic E-state index is -0.639. The van der Waals surface area contributed by atoms with Crippen LogP contribution in [0.5, 0.6) is 5.75 Å². The third-order valence-corrected chi connectivity index (χ3v) is 5.53. The van der Waals surface area contributed by atoms with Crippen LogP contribution >= 0.6 is 0 Å². The van der Waals surface area contributed by atoms with Gasteiger partial charge in [0.25, 0.3) is 11.7 Å². The average molecular weight is 408 g/mol. The molecular formula is C25H29NO4. The second-order valence-corrected chi connectivity index (χ2v) is 7.87. The molecule has 1 saturated heterocycles. The Hall–Kier alpha value is -3.08. The number of rotatable bonds is 7. The number of Topliss-reactive ketones (excluding diaryl/α,β-unsaturated/α-hetero) is 1. The number of ether oxygens (including phenoxy) is 1. The molecule has 1 amide bonds. The molecule has 1 heterocycles. The predicted molar refractivity (Wildman–Crippen MR) is 117 cm³/mol. The van der Waals surface area contributed by atoms with E-state index in [-0.39, 0.29) is 17.3 Å². The molecule has 5 nitrogen and oxygen atoms in total. The lowest BCUT2D eigenvalue weighted by molar-refractivity contribution is -0.139. The highest BCUT2D eigenvalue weighted by atomic mass is 16.5. The number of benzene rings is 2. The number of ketones is 1. The standard InChI is InChI=1S/C25H29NO4/c1-5-6-14-26-22(17-10-8-7-9-11-17)21(24(28)25(26)29)23(27)18-12-13-20(30-4)19(15-18)16(2)3/h7-13,15-16,22,27H,5-6,14H2,1-4H3/b23-21-. The number of methoxy groups -OCH3 is 1. The smallest absolute Gasteiger partial charge is 0.295 e. The summed E-state index contributed by atoms with van der Waals surface area (Å²) >= 11 is 0. The summed E-state index contributed by atoms with van der Waals surface area (Å²) in [6.07, 6.45) is 1.69. The number of amides is 1. The van der Waals surface area contributed by atoms with E-state index in [1.807, 2.05) is 57.2 Å². The third-order valence-electron chi connectivity index (χ3n) is 5.53. The lowest BCUT2D eigenvalue weighted by atomic mass is 9.93. The molecule has 1 fully saturated rings. The molecule has 0 aliphatic carbocycles.